The van der Waals surface area contributed by atoms with Crippen LogP contribution in [0.2, 0.25) is 0 Å². The summed E-state index contributed by atoms with van der Waals surface area (Å²) >= 11 is 0. The van der Waals surface area contributed by atoms with Gasteiger partial charge in [0.2, 0.25) is 5.43 Å². The van der Waals surface area contributed by atoms with Gasteiger partial charge in [-0.05, 0) is 68.2 Å². The predicted octanol–water partition coefficient (Wildman–Crippen LogP) is 3.02. The first kappa shape index (κ1) is 16.3. The van der Waals surface area contributed by atoms with Gasteiger partial charge in [-0.25, -0.2) is 9.18 Å². The van der Waals surface area contributed by atoms with Gasteiger partial charge in [0.1, 0.15) is 11.4 Å². The maximum atomic E-state index is 14.7. The maximum absolute atomic E-state index is 14.7. The Morgan fingerprint density at radius 3 is 2.64 bits per heavy atom. The van der Waals surface area contributed by atoms with Gasteiger partial charge in [0.05, 0.1) is 5.52 Å². The summed E-state index contributed by atoms with van der Waals surface area (Å²) in [6, 6.07) is 3.19. The zero-order valence-corrected chi connectivity index (χ0v) is 13.9. The molecule has 0 amide bonds. The number of nitrogens with zero attached hydrogens (tertiary/aromatic N) is 1. The summed E-state index contributed by atoms with van der Waals surface area (Å²) in [5.41, 5.74) is 6.10. The second-order valence-corrected chi connectivity index (χ2v) is 7.32. The monoisotopic (exact) mass is 344 g/mol. The number of rotatable bonds is 4. The second-order valence-electron chi connectivity index (χ2n) is 7.32. The van der Waals surface area contributed by atoms with Crippen LogP contribution in [-0.2, 0) is 0 Å². The Bertz CT molecular complexity index is 917. The summed E-state index contributed by atoms with van der Waals surface area (Å²) in [6.07, 6.45) is 6.06. The Morgan fingerprint density at radius 1 is 1.28 bits per heavy atom. The van der Waals surface area contributed by atoms with Gasteiger partial charge >= 0.3 is 5.97 Å². The zero-order chi connectivity index (χ0) is 17.7. The molecule has 2 aliphatic rings. The maximum Gasteiger partial charge on any atom is 0.341 e. The highest BCUT2D eigenvalue weighted by atomic mass is 19.1. The molecule has 1 aromatic heterocycles. The first-order chi connectivity index (χ1) is 12.0. The van der Waals surface area contributed by atoms with Crippen LogP contribution in [-0.4, -0.2) is 22.2 Å². The molecule has 0 radical (unpaired) electrons. The third-order valence-corrected chi connectivity index (χ3v) is 5.64. The average molecular weight is 344 g/mol. The molecule has 4 rings (SSSR count). The fourth-order valence-corrected chi connectivity index (χ4v) is 4.08. The van der Waals surface area contributed by atoms with E-state index >= 15 is 0 Å². The minimum Gasteiger partial charge on any atom is -0.477 e. The molecular weight excluding hydrogens is 323 g/mol. The summed E-state index contributed by atoms with van der Waals surface area (Å²) in [5.74, 6) is -1.16. The standard InChI is InChI=1S/C19H21FN2O3/c20-16-6-14-17(7-13(16)11-2-1-10(5-11)8-21)22(12-3-4-12)9-15(18(14)23)19(24)25/h6-7,9-12H,1-5,8,21H2,(H,24,25). The number of aromatic carboxylic acids is 1. The molecule has 2 saturated carbocycles. The molecule has 25 heavy (non-hydrogen) atoms. The van der Waals surface area contributed by atoms with Crippen molar-refractivity contribution in [3.63, 3.8) is 0 Å². The minimum atomic E-state index is -1.27. The van der Waals surface area contributed by atoms with E-state index in [1.54, 1.807) is 6.07 Å². The molecule has 2 unspecified atom stereocenters. The average Bonchev–Trinajstić information content (AvgIpc) is 3.31. The summed E-state index contributed by atoms with van der Waals surface area (Å²) in [4.78, 5) is 23.8. The number of carboxylic acids is 1. The van der Waals surface area contributed by atoms with Crippen LogP contribution < -0.4 is 11.2 Å². The van der Waals surface area contributed by atoms with Gasteiger partial charge in [-0.2, -0.15) is 0 Å². The largest absolute Gasteiger partial charge is 0.477 e. The minimum absolute atomic E-state index is 0.111. The van der Waals surface area contributed by atoms with Crippen molar-refractivity contribution in [2.75, 3.05) is 6.54 Å². The van der Waals surface area contributed by atoms with Gasteiger partial charge in [0.15, 0.2) is 0 Å². The van der Waals surface area contributed by atoms with Crippen LogP contribution >= 0.6 is 0 Å². The summed E-state index contributed by atoms with van der Waals surface area (Å²) in [5, 5.41) is 9.44. The number of benzene rings is 1. The van der Waals surface area contributed by atoms with Crippen molar-refractivity contribution >= 4 is 16.9 Å². The quantitative estimate of drug-likeness (QED) is 0.893. The van der Waals surface area contributed by atoms with Gasteiger partial charge in [0.25, 0.3) is 0 Å². The fraction of sp³-hybridized carbons (Fsp3) is 0.474. The number of nitrogens with two attached hydrogens (primary N) is 1. The van der Waals surface area contributed by atoms with Gasteiger partial charge in [-0.3, -0.25) is 4.79 Å². The molecule has 0 bridgehead atoms. The van der Waals surface area contributed by atoms with Gasteiger partial charge < -0.3 is 15.4 Å². The highest BCUT2D eigenvalue weighted by Crippen LogP contribution is 2.41. The van der Waals surface area contributed by atoms with E-state index in [-0.39, 0.29) is 22.9 Å². The predicted molar refractivity (Wildman–Crippen MR) is 92.5 cm³/mol. The third kappa shape index (κ3) is 2.74. The number of hydrogen-bond acceptors (Lipinski definition) is 3. The van der Waals surface area contributed by atoms with E-state index in [1.165, 1.54) is 12.3 Å². The van der Waals surface area contributed by atoms with E-state index in [9.17, 15) is 19.1 Å². The van der Waals surface area contributed by atoms with Gasteiger partial charge in [-0.15, -0.1) is 0 Å². The summed E-state index contributed by atoms with van der Waals surface area (Å²) < 4.78 is 16.6. The molecule has 3 N–H and O–H groups in total. The molecule has 1 aromatic carbocycles. The van der Waals surface area contributed by atoms with Crippen molar-refractivity contribution in [3.05, 3.63) is 45.5 Å². The Kier molecular flexibility index (Phi) is 3.87. The van der Waals surface area contributed by atoms with Crippen molar-refractivity contribution in [3.8, 4) is 0 Å². The summed E-state index contributed by atoms with van der Waals surface area (Å²) in [6.45, 7) is 0.612. The molecule has 2 aliphatic carbocycles. The van der Waals surface area contributed by atoms with E-state index < -0.39 is 17.2 Å². The SMILES string of the molecule is NCC1CCC(c2cc3c(cc2F)c(=O)c(C(=O)O)cn3C2CC2)C1. The number of carbonyl (C=O) groups is 1. The molecule has 2 fully saturated rings. The molecule has 2 atom stereocenters. The first-order valence-electron chi connectivity index (χ1n) is 8.81. The van der Waals surface area contributed by atoms with E-state index in [0.29, 0.717) is 23.5 Å². The molecule has 0 spiro atoms. The molecular formula is C19H21FN2O3. The van der Waals surface area contributed by atoms with Crippen LogP contribution in [0.4, 0.5) is 4.39 Å². The molecule has 6 heteroatoms. The van der Waals surface area contributed by atoms with Crippen molar-refractivity contribution in [1.29, 1.82) is 0 Å². The highest BCUT2D eigenvalue weighted by molar-refractivity contribution is 5.92. The third-order valence-electron chi connectivity index (χ3n) is 5.64. The molecule has 0 aliphatic heterocycles. The molecule has 5 nitrogen and oxygen atoms in total. The van der Waals surface area contributed by atoms with E-state index in [2.05, 4.69) is 0 Å². The normalized spacial score (nSPS) is 23.3. The summed E-state index contributed by atoms with van der Waals surface area (Å²) in [7, 11) is 0. The van der Waals surface area contributed by atoms with Crippen LogP contribution in [0.5, 0.6) is 0 Å². The van der Waals surface area contributed by atoms with Crippen molar-refractivity contribution < 1.29 is 14.3 Å². The lowest BCUT2D eigenvalue weighted by molar-refractivity contribution is 0.0695. The van der Waals surface area contributed by atoms with E-state index in [1.807, 2.05) is 4.57 Å². The number of hydrogen-bond donors (Lipinski definition) is 2. The molecule has 2 aromatic rings. The lowest BCUT2D eigenvalue weighted by Crippen LogP contribution is -2.19. The second kappa shape index (κ2) is 5.95. The molecule has 1 heterocycles. The number of pyridine rings is 1. The van der Waals surface area contributed by atoms with Crippen molar-refractivity contribution in [1.82, 2.24) is 4.57 Å². The Hall–Kier alpha value is -2.21. The smallest absolute Gasteiger partial charge is 0.341 e. The van der Waals surface area contributed by atoms with Crippen LogP contribution in [0, 0.1) is 11.7 Å². The Balaban J connectivity index is 1.90. The van der Waals surface area contributed by atoms with Crippen LogP contribution in [0.3, 0.4) is 0 Å². The lowest BCUT2D eigenvalue weighted by Gasteiger charge is -2.16. The van der Waals surface area contributed by atoms with Crippen LogP contribution in [0.25, 0.3) is 10.9 Å². The van der Waals surface area contributed by atoms with Crippen LogP contribution in [0.1, 0.15) is 60.0 Å². The number of halogens is 1. The Labute approximate surface area is 144 Å². The van der Waals surface area contributed by atoms with E-state index in [0.717, 1.165) is 32.1 Å². The molecule has 132 valence electrons. The number of aromatic nitrogens is 1. The number of fused-ring (bicyclic) bond motifs is 1. The van der Waals surface area contributed by atoms with E-state index in [4.69, 9.17) is 5.73 Å². The van der Waals surface area contributed by atoms with Gasteiger partial charge in [-0.1, -0.05) is 0 Å². The van der Waals surface area contributed by atoms with Crippen molar-refractivity contribution in [2.45, 2.75) is 44.1 Å². The Morgan fingerprint density at radius 2 is 2.04 bits per heavy atom. The number of carboxylic acid groups (broad SMARTS) is 1. The fourth-order valence-electron chi connectivity index (χ4n) is 4.08. The highest BCUT2D eigenvalue weighted by Gasteiger charge is 2.30. The lowest BCUT2D eigenvalue weighted by atomic mass is 9.94. The first-order valence-corrected chi connectivity index (χ1v) is 8.81. The zero-order valence-electron chi connectivity index (χ0n) is 13.9. The van der Waals surface area contributed by atoms with Crippen LogP contribution in [0.15, 0.2) is 23.1 Å². The van der Waals surface area contributed by atoms with Crippen molar-refractivity contribution in [2.24, 2.45) is 11.7 Å². The topological polar surface area (TPSA) is 85.3 Å². The van der Waals surface area contributed by atoms with Gasteiger partial charge in [0, 0.05) is 17.6 Å². The molecule has 0 saturated heterocycles.